The Bertz CT molecular complexity index is 598. The van der Waals surface area contributed by atoms with Crippen LogP contribution in [0.15, 0.2) is 46.2 Å². The van der Waals surface area contributed by atoms with Gasteiger partial charge in [-0.25, -0.2) is 0 Å². The van der Waals surface area contributed by atoms with Crippen molar-refractivity contribution in [2.45, 2.75) is 38.3 Å². The van der Waals surface area contributed by atoms with E-state index in [1.807, 2.05) is 52.0 Å². The molecule has 0 amide bonds. The molecule has 0 aliphatic heterocycles. The maximum absolute atomic E-state index is 11.5. The first-order valence-electron chi connectivity index (χ1n) is 7.72. The number of hydrogen-bond donors (Lipinski definition) is 0. The van der Waals surface area contributed by atoms with E-state index < -0.39 is 0 Å². The Labute approximate surface area is 148 Å². The highest BCUT2D eigenvalue weighted by atomic mass is 35.5. The van der Waals surface area contributed by atoms with Gasteiger partial charge >= 0.3 is 0 Å². The SMILES string of the molecule is CC.CC.COc1ccc(CSc2cc(Cl)c(=O)n(C)c2)cc1. The van der Waals surface area contributed by atoms with Crippen LogP contribution in [-0.2, 0) is 12.8 Å². The monoisotopic (exact) mass is 355 g/mol. The third-order valence-electron chi connectivity index (χ3n) is 2.68. The molecule has 1 heterocycles. The summed E-state index contributed by atoms with van der Waals surface area (Å²) >= 11 is 7.52. The van der Waals surface area contributed by atoms with Crippen LogP contribution in [0.3, 0.4) is 0 Å². The van der Waals surface area contributed by atoms with Gasteiger partial charge in [-0.3, -0.25) is 4.79 Å². The molecular formula is C18H26ClNO2S. The van der Waals surface area contributed by atoms with E-state index in [0.717, 1.165) is 16.4 Å². The summed E-state index contributed by atoms with van der Waals surface area (Å²) in [5.41, 5.74) is 1.02. The molecule has 0 fully saturated rings. The molecule has 0 spiro atoms. The third-order valence-corrected chi connectivity index (χ3v) is 3.98. The molecular weight excluding hydrogens is 330 g/mol. The minimum Gasteiger partial charge on any atom is -0.497 e. The first-order chi connectivity index (χ1) is 11.1. The zero-order valence-corrected chi connectivity index (χ0v) is 16.3. The van der Waals surface area contributed by atoms with E-state index in [4.69, 9.17) is 16.3 Å². The van der Waals surface area contributed by atoms with E-state index >= 15 is 0 Å². The van der Waals surface area contributed by atoms with Gasteiger partial charge in [-0.15, -0.1) is 11.8 Å². The number of ether oxygens (including phenoxy) is 1. The highest BCUT2D eigenvalue weighted by Gasteiger charge is 2.03. The van der Waals surface area contributed by atoms with Gasteiger partial charge in [0, 0.05) is 23.9 Å². The number of aryl methyl sites for hydroxylation is 1. The molecule has 0 atom stereocenters. The number of methoxy groups -OCH3 is 1. The smallest absolute Gasteiger partial charge is 0.269 e. The maximum Gasteiger partial charge on any atom is 0.269 e. The Morgan fingerprint density at radius 3 is 2.17 bits per heavy atom. The molecule has 0 bridgehead atoms. The van der Waals surface area contributed by atoms with E-state index in [0.29, 0.717) is 0 Å². The summed E-state index contributed by atoms with van der Waals surface area (Å²) in [4.78, 5) is 12.4. The van der Waals surface area contributed by atoms with Crippen LogP contribution in [0.5, 0.6) is 5.75 Å². The van der Waals surface area contributed by atoms with Gasteiger partial charge < -0.3 is 9.30 Å². The van der Waals surface area contributed by atoms with E-state index in [2.05, 4.69) is 0 Å². The lowest BCUT2D eigenvalue weighted by atomic mass is 10.2. The van der Waals surface area contributed by atoms with Crippen LogP contribution < -0.4 is 10.3 Å². The molecule has 1 aromatic heterocycles. The van der Waals surface area contributed by atoms with Crippen molar-refractivity contribution in [1.29, 1.82) is 0 Å². The molecule has 2 aromatic rings. The van der Waals surface area contributed by atoms with Crippen molar-refractivity contribution in [3.05, 3.63) is 57.5 Å². The van der Waals surface area contributed by atoms with Crippen molar-refractivity contribution in [1.82, 2.24) is 4.57 Å². The molecule has 0 N–H and O–H groups in total. The van der Waals surface area contributed by atoms with Crippen LogP contribution in [0, 0.1) is 0 Å². The molecule has 0 unspecified atom stereocenters. The summed E-state index contributed by atoms with van der Waals surface area (Å²) in [6.45, 7) is 8.00. The second kappa shape index (κ2) is 12.1. The minimum absolute atomic E-state index is 0.171. The van der Waals surface area contributed by atoms with Gasteiger partial charge in [0.25, 0.3) is 5.56 Å². The number of thioether (sulfide) groups is 1. The van der Waals surface area contributed by atoms with Gasteiger partial charge in [-0.2, -0.15) is 0 Å². The number of benzene rings is 1. The average molecular weight is 356 g/mol. The van der Waals surface area contributed by atoms with Crippen LogP contribution in [0.4, 0.5) is 0 Å². The number of rotatable bonds is 4. The Hall–Kier alpha value is -1.39. The van der Waals surface area contributed by atoms with Crippen molar-refractivity contribution >= 4 is 23.4 Å². The van der Waals surface area contributed by atoms with Gasteiger partial charge in [-0.1, -0.05) is 51.4 Å². The molecule has 5 heteroatoms. The van der Waals surface area contributed by atoms with Crippen LogP contribution in [-0.4, -0.2) is 11.7 Å². The fraction of sp³-hybridized carbons (Fsp3) is 0.389. The zero-order chi connectivity index (χ0) is 17.8. The first kappa shape index (κ1) is 21.6. The normalized spacial score (nSPS) is 9.17. The van der Waals surface area contributed by atoms with Gasteiger partial charge in [0.1, 0.15) is 10.8 Å². The number of hydrogen-bond acceptors (Lipinski definition) is 3. The second-order valence-electron chi connectivity index (χ2n) is 4.08. The standard InChI is InChI=1S/C14H14ClNO2S.2C2H6/c1-16-8-12(7-13(15)14(16)17)19-9-10-3-5-11(18-2)6-4-10;2*1-2/h3-8H,9H2,1-2H3;2*1-2H3. The lowest BCUT2D eigenvalue weighted by molar-refractivity contribution is 0.414. The molecule has 0 saturated heterocycles. The summed E-state index contributed by atoms with van der Waals surface area (Å²) < 4.78 is 6.61. The van der Waals surface area contributed by atoms with Gasteiger partial charge in [0.05, 0.1) is 7.11 Å². The molecule has 2 rings (SSSR count). The van der Waals surface area contributed by atoms with Crippen LogP contribution in [0.25, 0.3) is 0 Å². The molecule has 0 aliphatic rings. The van der Waals surface area contributed by atoms with Crippen molar-refractivity contribution in [2.24, 2.45) is 7.05 Å². The number of aromatic nitrogens is 1. The topological polar surface area (TPSA) is 31.2 Å². The van der Waals surface area contributed by atoms with E-state index in [-0.39, 0.29) is 10.6 Å². The van der Waals surface area contributed by atoms with Gasteiger partial charge in [0.15, 0.2) is 0 Å². The highest BCUT2D eigenvalue weighted by molar-refractivity contribution is 7.98. The predicted octanol–water partition coefficient (Wildman–Crippen LogP) is 5.39. The largest absolute Gasteiger partial charge is 0.497 e. The molecule has 23 heavy (non-hydrogen) atoms. The quantitative estimate of drug-likeness (QED) is 0.689. The van der Waals surface area contributed by atoms with Crippen molar-refractivity contribution in [3.63, 3.8) is 0 Å². The minimum atomic E-state index is -0.171. The van der Waals surface area contributed by atoms with Crippen molar-refractivity contribution in [2.75, 3.05) is 7.11 Å². The fourth-order valence-corrected chi connectivity index (χ4v) is 2.88. The van der Waals surface area contributed by atoms with Crippen LogP contribution in [0.2, 0.25) is 5.02 Å². The van der Waals surface area contributed by atoms with E-state index in [1.165, 1.54) is 10.1 Å². The van der Waals surface area contributed by atoms with Gasteiger partial charge in [-0.05, 0) is 23.8 Å². The third kappa shape index (κ3) is 7.14. The second-order valence-corrected chi connectivity index (χ2v) is 5.53. The summed E-state index contributed by atoms with van der Waals surface area (Å²) in [6, 6.07) is 9.62. The van der Waals surface area contributed by atoms with E-state index in [9.17, 15) is 4.79 Å². The predicted molar refractivity (Wildman–Crippen MR) is 102 cm³/mol. The number of nitrogens with zero attached hydrogens (tertiary/aromatic N) is 1. The van der Waals surface area contributed by atoms with Crippen LogP contribution >= 0.6 is 23.4 Å². The Balaban J connectivity index is 0.00000112. The Kier molecular flexibility index (Phi) is 11.4. The molecule has 0 radical (unpaired) electrons. The Morgan fingerprint density at radius 2 is 1.70 bits per heavy atom. The van der Waals surface area contributed by atoms with Gasteiger partial charge in [0.2, 0.25) is 0 Å². The Morgan fingerprint density at radius 1 is 1.13 bits per heavy atom. The average Bonchev–Trinajstić information content (AvgIpc) is 2.61. The van der Waals surface area contributed by atoms with Crippen molar-refractivity contribution in [3.8, 4) is 5.75 Å². The molecule has 128 valence electrons. The summed E-state index contributed by atoms with van der Waals surface area (Å²) in [5, 5.41) is 0.252. The molecule has 3 nitrogen and oxygen atoms in total. The number of halogens is 1. The van der Waals surface area contributed by atoms with Crippen LogP contribution in [0.1, 0.15) is 33.3 Å². The lowest BCUT2D eigenvalue weighted by Crippen LogP contribution is -2.16. The summed E-state index contributed by atoms with van der Waals surface area (Å²) in [5.74, 6) is 1.66. The summed E-state index contributed by atoms with van der Waals surface area (Å²) in [6.07, 6.45) is 1.79. The van der Waals surface area contributed by atoms with E-state index in [1.54, 1.807) is 38.2 Å². The lowest BCUT2D eigenvalue weighted by Gasteiger charge is -2.06. The number of pyridine rings is 1. The summed E-state index contributed by atoms with van der Waals surface area (Å²) in [7, 11) is 3.35. The molecule has 0 aliphatic carbocycles. The first-order valence-corrected chi connectivity index (χ1v) is 9.08. The van der Waals surface area contributed by atoms with Crippen molar-refractivity contribution < 1.29 is 4.74 Å². The maximum atomic E-state index is 11.5. The fourth-order valence-electron chi connectivity index (χ4n) is 1.61. The highest BCUT2D eigenvalue weighted by Crippen LogP contribution is 2.24. The molecule has 0 saturated carbocycles. The zero-order valence-electron chi connectivity index (χ0n) is 14.7. The molecule has 1 aromatic carbocycles.